The Morgan fingerprint density at radius 3 is 2.29 bits per heavy atom. The molecule has 0 saturated heterocycles. The highest BCUT2D eigenvalue weighted by molar-refractivity contribution is 6.01. The molecule has 1 aromatic carbocycles. The van der Waals surface area contributed by atoms with Gasteiger partial charge >= 0.3 is 12.1 Å². The van der Waals surface area contributed by atoms with Gasteiger partial charge in [-0.25, -0.2) is 4.79 Å². The number of hydrogen-bond donors (Lipinski definition) is 2. The Labute approximate surface area is 135 Å². The first kappa shape index (κ1) is 17.8. The van der Waals surface area contributed by atoms with Gasteiger partial charge in [0.25, 0.3) is 5.91 Å². The van der Waals surface area contributed by atoms with E-state index in [1.165, 1.54) is 0 Å². The van der Waals surface area contributed by atoms with Crippen LogP contribution in [-0.2, 0) is 4.79 Å². The van der Waals surface area contributed by atoms with Gasteiger partial charge in [0.1, 0.15) is 11.6 Å². The van der Waals surface area contributed by atoms with E-state index in [0.717, 1.165) is 11.1 Å². The molecule has 24 heavy (non-hydrogen) atoms. The first-order chi connectivity index (χ1) is 11.0. The molecule has 0 fully saturated rings. The van der Waals surface area contributed by atoms with Gasteiger partial charge in [0.15, 0.2) is 5.76 Å². The maximum Gasteiger partial charge on any atom is 0.391 e. The standard InChI is InChI=1S/C16H16F3NO4/c1-7-4-5-8(2)12-11(7)9(3)13(24-12)14(21)20-10(15(22)23)6-16(17,18)19/h4-5,10H,6H2,1-3H3,(H,20,21)(H,22,23). The Bertz CT molecular complexity index is 808. The highest BCUT2D eigenvalue weighted by atomic mass is 19.4. The molecule has 1 unspecified atom stereocenters. The summed E-state index contributed by atoms with van der Waals surface area (Å²) in [7, 11) is 0. The monoisotopic (exact) mass is 343 g/mol. The van der Waals surface area contributed by atoms with Gasteiger partial charge in [-0.05, 0) is 31.9 Å². The van der Waals surface area contributed by atoms with Crippen LogP contribution in [0.2, 0.25) is 0 Å². The van der Waals surface area contributed by atoms with E-state index >= 15 is 0 Å². The van der Waals surface area contributed by atoms with Gasteiger partial charge in [-0.2, -0.15) is 13.2 Å². The number of furan rings is 1. The van der Waals surface area contributed by atoms with Crippen molar-refractivity contribution in [3.05, 3.63) is 34.6 Å². The highest BCUT2D eigenvalue weighted by Gasteiger charge is 2.37. The molecule has 2 N–H and O–H groups in total. The zero-order chi connectivity index (χ0) is 18.2. The fraction of sp³-hybridized carbons (Fsp3) is 0.375. The van der Waals surface area contributed by atoms with Crippen molar-refractivity contribution in [2.75, 3.05) is 0 Å². The number of carboxylic acid groups (broad SMARTS) is 1. The number of amides is 1. The number of rotatable bonds is 4. The molecule has 0 aliphatic carbocycles. The Morgan fingerprint density at radius 1 is 1.21 bits per heavy atom. The average Bonchev–Trinajstić information content (AvgIpc) is 2.80. The van der Waals surface area contributed by atoms with E-state index in [1.807, 2.05) is 18.3 Å². The van der Waals surface area contributed by atoms with Gasteiger partial charge < -0.3 is 14.8 Å². The summed E-state index contributed by atoms with van der Waals surface area (Å²) in [6.45, 7) is 5.19. The minimum atomic E-state index is -4.72. The van der Waals surface area contributed by atoms with Crippen LogP contribution in [0.3, 0.4) is 0 Å². The number of nitrogens with one attached hydrogen (secondary N) is 1. The lowest BCUT2D eigenvalue weighted by Crippen LogP contribution is -2.43. The predicted octanol–water partition coefficient (Wildman–Crippen LogP) is 3.49. The summed E-state index contributed by atoms with van der Waals surface area (Å²) in [5.74, 6) is -2.93. The topological polar surface area (TPSA) is 79.5 Å². The third-order valence-electron chi connectivity index (χ3n) is 3.73. The van der Waals surface area contributed by atoms with E-state index in [9.17, 15) is 22.8 Å². The van der Waals surface area contributed by atoms with Crippen LogP contribution in [0.1, 0.15) is 33.7 Å². The SMILES string of the molecule is Cc1ccc(C)c2c(C)c(C(=O)NC(CC(F)(F)F)C(=O)O)oc12. The lowest BCUT2D eigenvalue weighted by Gasteiger charge is -2.15. The van der Waals surface area contributed by atoms with Crippen molar-refractivity contribution in [3.63, 3.8) is 0 Å². The number of carbonyl (C=O) groups excluding carboxylic acids is 1. The lowest BCUT2D eigenvalue weighted by atomic mass is 10.0. The second kappa shape index (κ2) is 6.18. The van der Waals surface area contributed by atoms with Crippen LogP contribution in [-0.4, -0.2) is 29.2 Å². The molecule has 1 amide bonds. The average molecular weight is 343 g/mol. The van der Waals surface area contributed by atoms with Crippen LogP contribution in [0, 0.1) is 20.8 Å². The van der Waals surface area contributed by atoms with Gasteiger partial charge in [-0.3, -0.25) is 4.79 Å². The van der Waals surface area contributed by atoms with Gasteiger partial charge in [0.05, 0.1) is 6.42 Å². The summed E-state index contributed by atoms with van der Waals surface area (Å²) in [5, 5.41) is 11.5. The van der Waals surface area contributed by atoms with Gasteiger partial charge in [-0.15, -0.1) is 0 Å². The van der Waals surface area contributed by atoms with Crippen molar-refractivity contribution in [2.45, 2.75) is 39.4 Å². The Balaban J connectivity index is 2.38. The number of fused-ring (bicyclic) bond motifs is 1. The zero-order valence-corrected chi connectivity index (χ0v) is 13.2. The Hall–Kier alpha value is -2.51. The molecule has 1 aromatic heterocycles. The fourth-order valence-electron chi connectivity index (χ4n) is 2.55. The summed E-state index contributed by atoms with van der Waals surface area (Å²) >= 11 is 0. The molecule has 0 spiro atoms. The number of benzene rings is 1. The number of carbonyl (C=O) groups is 2. The number of halogens is 3. The number of hydrogen-bond acceptors (Lipinski definition) is 3. The van der Waals surface area contributed by atoms with Gasteiger partial charge in [0, 0.05) is 10.9 Å². The van der Waals surface area contributed by atoms with Gasteiger partial charge in [0.2, 0.25) is 0 Å². The summed E-state index contributed by atoms with van der Waals surface area (Å²) in [6.07, 6.45) is -6.38. The third kappa shape index (κ3) is 3.52. The third-order valence-corrected chi connectivity index (χ3v) is 3.73. The van der Waals surface area contributed by atoms with Crippen molar-refractivity contribution in [3.8, 4) is 0 Å². The molecule has 0 aliphatic heterocycles. The number of alkyl halides is 3. The Morgan fingerprint density at radius 2 is 1.79 bits per heavy atom. The second-order valence-electron chi connectivity index (χ2n) is 5.64. The van der Waals surface area contributed by atoms with Crippen molar-refractivity contribution < 1.29 is 32.3 Å². The first-order valence-corrected chi connectivity index (χ1v) is 7.11. The Kier molecular flexibility index (Phi) is 4.59. The minimum absolute atomic E-state index is 0.184. The molecule has 1 heterocycles. The molecule has 0 aliphatic rings. The predicted molar refractivity (Wildman–Crippen MR) is 80.0 cm³/mol. The highest BCUT2D eigenvalue weighted by Crippen LogP contribution is 2.31. The van der Waals surface area contributed by atoms with Crippen molar-refractivity contribution in [2.24, 2.45) is 0 Å². The molecule has 2 rings (SSSR count). The summed E-state index contributed by atoms with van der Waals surface area (Å²) in [6, 6.07) is 1.56. The van der Waals surface area contributed by atoms with E-state index in [0.29, 0.717) is 16.5 Å². The van der Waals surface area contributed by atoms with Crippen LogP contribution < -0.4 is 5.32 Å². The van der Waals surface area contributed by atoms with Crippen LogP contribution >= 0.6 is 0 Å². The zero-order valence-electron chi connectivity index (χ0n) is 13.2. The van der Waals surface area contributed by atoms with Crippen LogP contribution in [0.15, 0.2) is 16.5 Å². The molecule has 2 aromatic rings. The smallest absolute Gasteiger partial charge is 0.391 e. The van der Waals surface area contributed by atoms with Crippen LogP contribution in [0.25, 0.3) is 11.0 Å². The second-order valence-corrected chi connectivity index (χ2v) is 5.64. The molecule has 0 radical (unpaired) electrons. The largest absolute Gasteiger partial charge is 0.480 e. The van der Waals surface area contributed by atoms with Crippen LogP contribution in [0.4, 0.5) is 13.2 Å². The molecule has 0 saturated carbocycles. The van der Waals surface area contributed by atoms with E-state index in [2.05, 4.69) is 0 Å². The summed E-state index contributed by atoms with van der Waals surface area (Å²) < 4.78 is 42.8. The maximum absolute atomic E-state index is 12.4. The number of aryl methyl sites for hydroxylation is 3. The molecular weight excluding hydrogens is 327 g/mol. The van der Waals surface area contributed by atoms with E-state index in [4.69, 9.17) is 9.52 Å². The quantitative estimate of drug-likeness (QED) is 0.890. The van der Waals surface area contributed by atoms with Crippen molar-refractivity contribution in [1.82, 2.24) is 5.32 Å². The summed E-state index contributed by atoms with van der Waals surface area (Å²) in [5.41, 5.74) is 2.53. The first-order valence-electron chi connectivity index (χ1n) is 7.11. The van der Waals surface area contributed by atoms with E-state index in [-0.39, 0.29) is 5.76 Å². The fourth-order valence-corrected chi connectivity index (χ4v) is 2.55. The number of aliphatic carboxylic acids is 1. The summed E-state index contributed by atoms with van der Waals surface area (Å²) in [4.78, 5) is 23.2. The lowest BCUT2D eigenvalue weighted by molar-refractivity contribution is -0.157. The van der Waals surface area contributed by atoms with Crippen molar-refractivity contribution >= 4 is 22.8 Å². The number of carboxylic acids is 1. The molecule has 0 bridgehead atoms. The molecule has 8 heteroatoms. The molecular formula is C16H16F3NO4. The molecule has 130 valence electrons. The normalized spacial score (nSPS) is 13.1. The van der Waals surface area contributed by atoms with Crippen LogP contribution in [0.5, 0.6) is 0 Å². The maximum atomic E-state index is 12.4. The molecule has 5 nitrogen and oxygen atoms in total. The van der Waals surface area contributed by atoms with Gasteiger partial charge in [-0.1, -0.05) is 12.1 Å². The van der Waals surface area contributed by atoms with E-state index in [1.54, 1.807) is 19.9 Å². The minimum Gasteiger partial charge on any atom is -0.480 e. The van der Waals surface area contributed by atoms with Crippen molar-refractivity contribution in [1.29, 1.82) is 0 Å². The molecule has 1 atom stereocenters. The van der Waals surface area contributed by atoms with E-state index < -0.39 is 30.5 Å².